The lowest BCUT2D eigenvalue weighted by molar-refractivity contribution is -0.123. The summed E-state index contributed by atoms with van der Waals surface area (Å²) in [6.45, 7) is 2.36. The van der Waals surface area contributed by atoms with Gasteiger partial charge in [-0.1, -0.05) is 48.0 Å². The minimum Gasteiger partial charge on any atom is -0.490 e. The van der Waals surface area contributed by atoms with Gasteiger partial charge in [0, 0.05) is 16.1 Å². The summed E-state index contributed by atoms with van der Waals surface area (Å²) in [7, 11) is 0. The van der Waals surface area contributed by atoms with Gasteiger partial charge >= 0.3 is 6.03 Å². The highest BCUT2D eigenvalue weighted by Crippen LogP contribution is 2.36. The number of benzene rings is 3. The molecule has 1 N–H and O–H groups in total. The number of imide groups is 1. The van der Waals surface area contributed by atoms with Crippen LogP contribution in [0.25, 0.3) is 6.08 Å². The van der Waals surface area contributed by atoms with Gasteiger partial charge in [-0.25, -0.2) is 9.18 Å². The average Bonchev–Trinajstić information content (AvgIpc) is 3.08. The SMILES string of the molecule is CCOc1cc(/C=C2/NC(=O)N(Cc3ccccc3F)C2=O)cc(I)c1OCc1ccccc1Cl. The highest BCUT2D eigenvalue weighted by Gasteiger charge is 2.34. The molecular formula is C26H21ClFIN2O4. The molecule has 3 aromatic rings. The highest BCUT2D eigenvalue weighted by atomic mass is 127. The van der Waals surface area contributed by atoms with Crippen LogP contribution in [0, 0.1) is 9.39 Å². The van der Waals surface area contributed by atoms with E-state index in [2.05, 4.69) is 27.9 Å². The first-order valence-electron chi connectivity index (χ1n) is 10.8. The fraction of sp³-hybridized carbons (Fsp3) is 0.154. The minimum absolute atomic E-state index is 0.0920. The van der Waals surface area contributed by atoms with Gasteiger partial charge < -0.3 is 14.8 Å². The number of ether oxygens (including phenoxy) is 2. The predicted octanol–water partition coefficient (Wildman–Crippen LogP) is 6.15. The Morgan fingerprint density at radius 1 is 1.06 bits per heavy atom. The average molecular weight is 607 g/mol. The van der Waals surface area contributed by atoms with Crippen molar-refractivity contribution in [2.75, 3.05) is 6.61 Å². The Balaban J connectivity index is 1.57. The number of hydrogen-bond donors (Lipinski definition) is 1. The molecule has 1 fully saturated rings. The number of rotatable bonds is 8. The number of nitrogens with one attached hydrogen (secondary N) is 1. The first kappa shape index (κ1) is 25.0. The van der Waals surface area contributed by atoms with E-state index in [0.717, 1.165) is 14.0 Å². The van der Waals surface area contributed by atoms with Gasteiger partial charge in [0.05, 0.1) is 16.7 Å². The molecule has 1 heterocycles. The van der Waals surface area contributed by atoms with Crippen LogP contribution in [0.1, 0.15) is 23.6 Å². The van der Waals surface area contributed by atoms with Crippen molar-refractivity contribution in [2.24, 2.45) is 0 Å². The van der Waals surface area contributed by atoms with E-state index in [1.165, 1.54) is 12.1 Å². The van der Waals surface area contributed by atoms with Crippen LogP contribution >= 0.6 is 34.2 Å². The van der Waals surface area contributed by atoms with E-state index in [4.69, 9.17) is 21.1 Å². The molecule has 0 spiro atoms. The van der Waals surface area contributed by atoms with Crippen molar-refractivity contribution in [2.45, 2.75) is 20.1 Å². The molecule has 35 heavy (non-hydrogen) atoms. The second-order valence-electron chi connectivity index (χ2n) is 7.61. The van der Waals surface area contributed by atoms with Gasteiger partial charge in [-0.2, -0.15) is 0 Å². The van der Waals surface area contributed by atoms with E-state index in [1.807, 2.05) is 31.2 Å². The molecule has 0 radical (unpaired) electrons. The summed E-state index contributed by atoms with van der Waals surface area (Å²) in [4.78, 5) is 26.3. The largest absolute Gasteiger partial charge is 0.490 e. The summed E-state index contributed by atoms with van der Waals surface area (Å²) in [6.07, 6.45) is 1.56. The summed E-state index contributed by atoms with van der Waals surface area (Å²) in [5.74, 6) is 0.0369. The fourth-order valence-corrected chi connectivity index (χ4v) is 4.49. The van der Waals surface area contributed by atoms with Crippen LogP contribution in [0.15, 0.2) is 66.4 Å². The number of carbonyl (C=O) groups is 2. The Hall–Kier alpha value is -3.11. The molecule has 0 aliphatic carbocycles. The van der Waals surface area contributed by atoms with Crippen LogP contribution in [-0.4, -0.2) is 23.4 Å². The van der Waals surface area contributed by atoms with Gasteiger partial charge in [-0.3, -0.25) is 9.69 Å². The maximum atomic E-state index is 14.0. The molecule has 1 aliphatic heterocycles. The maximum absolute atomic E-state index is 14.0. The Morgan fingerprint density at radius 3 is 2.49 bits per heavy atom. The van der Waals surface area contributed by atoms with Crippen molar-refractivity contribution in [3.8, 4) is 11.5 Å². The summed E-state index contributed by atoms with van der Waals surface area (Å²) in [5.41, 5.74) is 1.83. The fourth-order valence-electron chi connectivity index (χ4n) is 3.52. The van der Waals surface area contributed by atoms with Gasteiger partial charge in [0.1, 0.15) is 18.1 Å². The molecule has 4 rings (SSSR count). The standard InChI is InChI=1S/C26H21ClFIN2O4/c1-2-34-23-13-16(11-21(29)24(23)35-15-18-8-3-5-9-19(18)27)12-22-25(32)31(26(33)30-22)14-17-7-4-6-10-20(17)28/h3-13H,2,14-15H2,1H3,(H,30,33)/b22-12+. The van der Waals surface area contributed by atoms with Crippen molar-refractivity contribution in [1.82, 2.24) is 10.2 Å². The Morgan fingerprint density at radius 2 is 1.77 bits per heavy atom. The van der Waals surface area contributed by atoms with Crippen LogP contribution < -0.4 is 14.8 Å². The summed E-state index contributed by atoms with van der Waals surface area (Å²) < 4.78 is 26.6. The molecule has 9 heteroatoms. The normalized spacial score (nSPS) is 14.4. The summed E-state index contributed by atoms with van der Waals surface area (Å²) in [5, 5.41) is 3.18. The van der Waals surface area contributed by atoms with E-state index in [9.17, 15) is 14.0 Å². The van der Waals surface area contributed by atoms with Gasteiger partial charge in [0.2, 0.25) is 0 Å². The second-order valence-corrected chi connectivity index (χ2v) is 9.18. The first-order chi connectivity index (χ1) is 16.9. The van der Waals surface area contributed by atoms with Crippen LogP contribution in [0.2, 0.25) is 5.02 Å². The Labute approximate surface area is 220 Å². The van der Waals surface area contributed by atoms with Crippen LogP contribution in [-0.2, 0) is 17.9 Å². The smallest absolute Gasteiger partial charge is 0.329 e. The number of amides is 3. The maximum Gasteiger partial charge on any atom is 0.329 e. The van der Waals surface area contributed by atoms with Crippen molar-refractivity contribution < 1.29 is 23.5 Å². The third kappa shape index (κ3) is 5.76. The molecule has 0 bridgehead atoms. The van der Waals surface area contributed by atoms with Crippen LogP contribution in [0.3, 0.4) is 0 Å². The van der Waals surface area contributed by atoms with Gasteiger partial charge in [0.15, 0.2) is 11.5 Å². The predicted molar refractivity (Wildman–Crippen MR) is 140 cm³/mol. The molecule has 0 unspecified atom stereocenters. The second kappa shape index (κ2) is 11.1. The van der Waals surface area contributed by atoms with Crippen molar-refractivity contribution in [3.63, 3.8) is 0 Å². The number of urea groups is 1. The van der Waals surface area contributed by atoms with E-state index in [0.29, 0.717) is 28.7 Å². The number of carbonyl (C=O) groups excluding carboxylic acids is 2. The number of halogens is 3. The monoisotopic (exact) mass is 606 g/mol. The van der Waals surface area contributed by atoms with Crippen molar-refractivity contribution >= 4 is 52.2 Å². The Bertz CT molecular complexity index is 1310. The lowest BCUT2D eigenvalue weighted by Crippen LogP contribution is -2.30. The van der Waals surface area contributed by atoms with E-state index in [-0.39, 0.29) is 24.4 Å². The molecule has 6 nitrogen and oxygen atoms in total. The topological polar surface area (TPSA) is 67.9 Å². The zero-order chi connectivity index (χ0) is 24.9. The molecule has 180 valence electrons. The summed E-state index contributed by atoms with van der Waals surface area (Å²) >= 11 is 8.37. The molecule has 3 amide bonds. The number of hydrogen-bond acceptors (Lipinski definition) is 4. The first-order valence-corrected chi connectivity index (χ1v) is 12.2. The zero-order valence-corrected chi connectivity index (χ0v) is 21.6. The third-order valence-corrected chi connectivity index (χ3v) is 6.39. The molecular weight excluding hydrogens is 586 g/mol. The lowest BCUT2D eigenvalue weighted by Gasteiger charge is -2.15. The van der Waals surface area contributed by atoms with Gasteiger partial charge in [-0.05, 0) is 65.4 Å². The van der Waals surface area contributed by atoms with Crippen molar-refractivity contribution in [3.05, 3.63) is 97.5 Å². The molecule has 0 aromatic heterocycles. The highest BCUT2D eigenvalue weighted by molar-refractivity contribution is 14.1. The molecule has 3 aromatic carbocycles. The van der Waals surface area contributed by atoms with E-state index >= 15 is 0 Å². The molecule has 0 saturated carbocycles. The zero-order valence-electron chi connectivity index (χ0n) is 18.7. The number of nitrogens with zero attached hydrogens (tertiary/aromatic N) is 1. The molecule has 0 atom stereocenters. The van der Waals surface area contributed by atoms with E-state index < -0.39 is 17.8 Å². The van der Waals surface area contributed by atoms with Gasteiger partial charge in [-0.15, -0.1) is 0 Å². The quantitative estimate of drug-likeness (QED) is 0.190. The van der Waals surface area contributed by atoms with Crippen LogP contribution in [0.5, 0.6) is 11.5 Å². The molecule has 1 aliphatic rings. The minimum atomic E-state index is -0.607. The lowest BCUT2D eigenvalue weighted by atomic mass is 10.1. The summed E-state index contributed by atoms with van der Waals surface area (Å²) in [6, 6.07) is 16.4. The van der Waals surface area contributed by atoms with Gasteiger partial charge in [0.25, 0.3) is 5.91 Å². The van der Waals surface area contributed by atoms with Crippen LogP contribution in [0.4, 0.5) is 9.18 Å². The Kier molecular flexibility index (Phi) is 7.92. The van der Waals surface area contributed by atoms with E-state index in [1.54, 1.807) is 30.3 Å². The third-order valence-electron chi connectivity index (χ3n) is 5.22. The molecule has 1 saturated heterocycles. The van der Waals surface area contributed by atoms with Crippen molar-refractivity contribution in [1.29, 1.82) is 0 Å².